The zero-order chi connectivity index (χ0) is 20.9. The van der Waals surface area contributed by atoms with E-state index in [-0.39, 0.29) is 17.2 Å². The minimum Gasteiger partial charge on any atom is -0.354 e. The number of thioether (sulfide) groups is 1. The molecule has 2 aromatic carbocycles. The first-order valence-electron chi connectivity index (χ1n) is 9.99. The van der Waals surface area contributed by atoms with Crippen LogP contribution < -0.4 is 5.32 Å². The van der Waals surface area contributed by atoms with E-state index in [9.17, 15) is 9.59 Å². The van der Waals surface area contributed by atoms with Gasteiger partial charge in [0.1, 0.15) is 11.4 Å². The first-order chi connectivity index (χ1) is 14.6. The van der Waals surface area contributed by atoms with E-state index in [1.54, 1.807) is 28.0 Å². The first kappa shape index (κ1) is 20.7. The third kappa shape index (κ3) is 4.60. The van der Waals surface area contributed by atoms with Gasteiger partial charge in [-0.15, -0.1) is 23.1 Å². The van der Waals surface area contributed by atoms with Gasteiger partial charge in [0.15, 0.2) is 0 Å². The van der Waals surface area contributed by atoms with E-state index in [2.05, 4.69) is 17.4 Å². The van der Waals surface area contributed by atoms with E-state index in [4.69, 9.17) is 0 Å². The van der Waals surface area contributed by atoms with Gasteiger partial charge >= 0.3 is 0 Å². The molecule has 1 aromatic heterocycles. The topological polar surface area (TPSA) is 49.4 Å². The molecule has 30 heavy (non-hydrogen) atoms. The van der Waals surface area contributed by atoms with Crippen LogP contribution in [-0.2, 0) is 11.2 Å². The van der Waals surface area contributed by atoms with Crippen molar-refractivity contribution >= 4 is 34.9 Å². The fourth-order valence-electron chi connectivity index (χ4n) is 3.55. The van der Waals surface area contributed by atoms with Crippen molar-refractivity contribution in [2.75, 3.05) is 12.3 Å². The first-order valence-corrected chi connectivity index (χ1v) is 11.9. The van der Waals surface area contributed by atoms with Crippen LogP contribution in [0.3, 0.4) is 0 Å². The lowest BCUT2D eigenvalue weighted by atomic mass is 10.1. The number of amides is 2. The Morgan fingerprint density at radius 3 is 2.50 bits per heavy atom. The van der Waals surface area contributed by atoms with Crippen LogP contribution in [0.5, 0.6) is 0 Å². The molecule has 154 valence electrons. The smallest absolute Gasteiger partial charge is 0.255 e. The predicted octanol–water partition coefficient (Wildman–Crippen LogP) is 4.67. The standard InChI is InChI=1S/C24H24N2O2S2/c1-17-9-11-19(12-10-17)23(28)26-20(16-30-24(26)21-8-5-15-29-21)22(27)25-14-13-18-6-3-2-4-7-18/h2-12,15,20,24H,13-14,16H2,1H3,(H,25,27). The molecule has 1 aliphatic heterocycles. The number of thiophene rings is 1. The van der Waals surface area contributed by atoms with E-state index in [0.29, 0.717) is 17.9 Å². The van der Waals surface area contributed by atoms with Crippen molar-refractivity contribution in [3.63, 3.8) is 0 Å². The van der Waals surface area contributed by atoms with Crippen molar-refractivity contribution in [2.24, 2.45) is 0 Å². The molecule has 2 amide bonds. The van der Waals surface area contributed by atoms with Gasteiger partial charge in [0, 0.05) is 22.7 Å². The molecule has 6 heteroatoms. The summed E-state index contributed by atoms with van der Waals surface area (Å²) in [5, 5.41) is 4.92. The summed E-state index contributed by atoms with van der Waals surface area (Å²) < 4.78 is 0. The molecule has 2 unspecified atom stereocenters. The van der Waals surface area contributed by atoms with Crippen LogP contribution in [0.25, 0.3) is 0 Å². The van der Waals surface area contributed by atoms with Gasteiger partial charge in [-0.1, -0.05) is 54.1 Å². The third-order valence-electron chi connectivity index (χ3n) is 5.18. The minimum absolute atomic E-state index is 0.0852. The number of rotatable bonds is 6. The molecule has 1 N–H and O–H groups in total. The number of aryl methyl sites for hydroxylation is 1. The van der Waals surface area contributed by atoms with Gasteiger partial charge in [0.05, 0.1) is 0 Å². The average molecular weight is 437 g/mol. The molecule has 3 aromatic rings. The molecule has 2 heterocycles. The van der Waals surface area contributed by atoms with E-state index in [0.717, 1.165) is 16.9 Å². The van der Waals surface area contributed by atoms with Gasteiger partial charge in [0.25, 0.3) is 5.91 Å². The summed E-state index contributed by atoms with van der Waals surface area (Å²) in [6.45, 7) is 2.55. The van der Waals surface area contributed by atoms with Crippen LogP contribution in [0.15, 0.2) is 72.1 Å². The molecule has 0 saturated carbocycles. The maximum absolute atomic E-state index is 13.4. The maximum atomic E-state index is 13.4. The van der Waals surface area contributed by atoms with Gasteiger partial charge < -0.3 is 10.2 Å². The summed E-state index contributed by atoms with van der Waals surface area (Å²) in [6.07, 6.45) is 0.771. The molecular weight excluding hydrogens is 412 g/mol. The van der Waals surface area contributed by atoms with E-state index >= 15 is 0 Å². The molecule has 2 atom stereocenters. The number of carbonyl (C=O) groups is 2. The second kappa shape index (κ2) is 9.49. The summed E-state index contributed by atoms with van der Waals surface area (Å²) in [5.74, 6) is 0.414. The Labute approximate surface area is 185 Å². The summed E-state index contributed by atoms with van der Waals surface area (Å²) in [5.41, 5.74) is 2.90. The normalized spacial score (nSPS) is 18.4. The molecule has 1 fully saturated rings. The fourth-order valence-corrected chi connectivity index (χ4v) is 5.94. The maximum Gasteiger partial charge on any atom is 0.255 e. The van der Waals surface area contributed by atoms with E-state index < -0.39 is 6.04 Å². The Bertz CT molecular complexity index is 988. The van der Waals surface area contributed by atoms with Crippen LogP contribution in [0.1, 0.15) is 31.7 Å². The van der Waals surface area contributed by atoms with Crippen molar-refractivity contribution in [1.29, 1.82) is 0 Å². The molecule has 4 nitrogen and oxygen atoms in total. The lowest BCUT2D eigenvalue weighted by Crippen LogP contribution is -2.48. The highest BCUT2D eigenvalue weighted by atomic mass is 32.2. The Balaban J connectivity index is 1.50. The average Bonchev–Trinajstić information content (AvgIpc) is 3.44. The van der Waals surface area contributed by atoms with Crippen LogP contribution in [0.2, 0.25) is 0 Å². The van der Waals surface area contributed by atoms with Crippen molar-refractivity contribution in [3.05, 3.63) is 93.7 Å². The number of hydrogen-bond acceptors (Lipinski definition) is 4. The molecule has 0 spiro atoms. The zero-order valence-electron chi connectivity index (χ0n) is 16.8. The molecule has 0 aliphatic carbocycles. The van der Waals surface area contributed by atoms with Crippen molar-refractivity contribution in [2.45, 2.75) is 24.8 Å². The molecule has 4 rings (SSSR count). The monoisotopic (exact) mass is 436 g/mol. The molecule has 1 saturated heterocycles. The van der Waals surface area contributed by atoms with Crippen LogP contribution in [-0.4, -0.2) is 35.1 Å². The highest BCUT2D eigenvalue weighted by Gasteiger charge is 2.42. The second-order valence-corrected chi connectivity index (χ2v) is 9.41. The zero-order valence-corrected chi connectivity index (χ0v) is 18.4. The summed E-state index contributed by atoms with van der Waals surface area (Å²) >= 11 is 3.28. The summed E-state index contributed by atoms with van der Waals surface area (Å²) in [6, 6.07) is 21.2. The highest BCUT2D eigenvalue weighted by Crippen LogP contribution is 2.43. The summed E-state index contributed by atoms with van der Waals surface area (Å²) in [4.78, 5) is 29.3. The van der Waals surface area contributed by atoms with Crippen molar-refractivity contribution < 1.29 is 9.59 Å². The number of nitrogens with one attached hydrogen (secondary N) is 1. The predicted molar refractivity (Wildman–Crippen MR) is 124 cm³/mol. The van der Waals surface area contributed by atoms with E-state index in [1.165, 1.54) is 5.56 Å². The van der Waals surface area contributed by atoms with E-state index in [1.807, 2.05) is 66.9 Å². The molecule has 1 aliphatic rings. The lowest BCUT2D eigenvalue weighted by Gasteiger charge is -2.28. The second-order valence-electron chi connectivity index (χ2n) is 7.32. The van der Waals surface area contributed by atoms with Gasteiger partial charge in [-0.25, -0.2) is 0 Å². The third-order valence-corrected chi connectivity index (χ3v) is 7.56. The lowest BCUT2D eigenvalue weighted by molar-refractivity contribution is -0.124. The number of nitrogens with zero attached hydrogens (tertiary/aromatic N) is 1. The largest absolute Gasteiger partial charge is 0.354 e. The van der Waals surface area contributed by atoms with Crippen molar-refractivity contribution in [3.8, 4) is 0 Å². The van der Waals surface area contributed by atoms with Crippen molar-refractivity contribution in [1.82, 2.24) is 10.2 Å². The Hall–Kier alpha value is -2.57. The SMILES string of the molecule is Cc1ccc(C(=O)N2C(C(=O)NCCc3ccccc3)CSC2c2cccs2)cc1. The van der Waals surface area contributed by atoms with Gasteiger partial charge in [-0.3, -0.25) is 9.59 Å². The molecule has 0 radical (unpaired) electrons. The van der Waals surface area contributed by atoms with Crippen LogP contribution >= 0.6 is 23.1 Å². The highest BCUT2D eigenvalue weighted by molar-refractivity contribution is 7.99. The number of benzene rings is 2. The van der Waals surface area contributed by atoms with Gasteiger partial charge in [-0.2, -0.15) is 0 Å². The number of hydrogen-bond donors (Lipinski definition) is 1. The minimum atomic E-state index is -0.480. The Morgan fingerprint density at radius 1 is 1.03 bits per heavy atom. The quantitative estimate of drug-likeness (QED) is 0.611. The van der Waals surface area contributed by atoms with Gasteiger partial charge in [-0.05, 0) is 42.5 Å². The number of carbonyl (C=O) groups excluding carboxylic acids is 2. The Morgan fingerprint density at radius 2 is 1.80 bits per heavy atom. The van der Waals surface area contributed by atoms with Crippen LogP contribution in [0.4, 0.5) is 0 Å². The van der Waals surface area contributed by atoms with Gasteiger partial charge in [0.2, 0.25) is 5.91 Å². The fraction of sp³-hybridized carbons (Fsp3) is 0.250. The van der Waals surface area contributed by atoms with Crippen LogP contribution in [0, 0.1) is 6.92 Å². The summed E-state index contributed by atoms with van der Waals surface area (Å²) in [7, 11) is 0. The molecule has 0 bridgehead atoms. The Kier molecular flexibility index (Phi) is 6.55. The molecular formula is C24H24N2O2S2.